The van der Waals surface area contributed by atoms with E-state index in [0.29, 0.717) is 5.92 Å². The highest BCUT2D eigenvalue weighted by atomic mass is 14.8. The van der Waals surface area contributed by atoms with Gasteiger partial charge in [-0.1, -0.05) is 26.8 Å². The number of hydrogen-bond acceptors (Lipinski definition) is 2. The van der Waals surface area contributed by atoms with Gasteiger partial charge in [-0.15, -0.1) is 0 Å². The number of allylic oxidation sites excluding steroid dienone is 2. The van der Waals surface area contributed by atoms with Gasteiger partial charge in [0, 0.05) is 23.9 Å². The number of fused-ring (bicyclic) bond motifs is 1. The summed E-state index contributed by atoms with van der Waals surface area (Å²) in [6.45, 7) is 6.72. The maximum atomic E-state index is 4.27. The van der Waals surface area contributed by atoms with Gasteiger partial charge in [0.2, 0.25) is 0 Å². The van der Waals surface area contributed by atoms with Crippen molar-refractivity contribution in [3.63, 3.8) is 0 Å². The van der Waals surface area contributed by atoms with Crippen molar-refractivity contribution in [1.82, 2.24) is 0 Å². The Kier molecular flexibility index (Phi) is 1.72. The molecular formula is C11H14N2. The molecular weight excluding hydrogens is 160 g/mol. The van der Waals surface area contributed by atoms with Crippen LogP contribution in [0.4, 0.5) is 0 Å². The van der Waals surface area contributed by atoms with E-state index in [-0.39, 0.29) is 5.41 Å². The zero-order chi connectivity index (χ0) is 9.47. The van der Waals surface area contributed by atoms with E-state index in [1.54, 1.807) is 0 Å². The smallest absolute Gasteiger partial charge is 0.0865 e. The van der Waals surface area contributed by atoms with Gasteiger partial charge >= 0.3 is 0 Å². The van der Waals surface area contributed by atoms with Gasteiger partial charge in [-0.25, -0.2) is 0 Å². The van der Waals surface area contributed by atoms with E-state index in [2.05, 4.69) is 36.8 Å². The molecule has 0 aliphatic carbocycles. The van der Waals surface area contributed by atoms with Gasteiger partial charge in [0.1, 0.15) is 0 Å². The summed E-state index contributed by atoms with van der Waals surface area (Å²) in [5.41, 5.74) is 2.54. The Morgan fingerprint density at radius 3 is 2.77 bits per heavy atom. The molecule has 0 bridgehead atoms. The quantitative estimate of drug-likeness (QED) is 0.539. The van der Waals surface area contributed by atoms with Crippen LogP contribution in [0.15, 0.2) is 34.0 Å². The van der Waals surface area contributed by atoms with E-state index < -0.39 is 0 Å². The predicted molar refractivity (Wildman–Crippen MR) is 56.1 cm³/mol. The van der Waals surface area contributed by atoms with E-state index in [0.717, 1.165) is 5.71 Å². The zero-order valence-electron chi connectivity index (χ0n) is 8.28. The van der Waals surface area contributed by atoms with Crippen LogP contribution >= 0.6 is 0 Å². The standard InChI is InChI=1S/C11H14N2/c1-11(2,3)9-4-5-13-10-7-12-6-8(9)10/h4-7,9H,1-3H3. The highest BCUT2D eigenvalue weighted by Gasteiger charge is 2.30. The second kappa shape index (κ2) is 2.66. The van der Waals surface area contributed by atoms with Crippen LogP contribution in [-0.4, -0.2) is 11.9 Å². The molecule has 2 aliphatic rings. The Balaban J connectivity index is 2.36. The molecule has 0 spiro atoms. The van der Waals surface area contributed by atoms with Crippen molar-refractivity contribution in [2.24, 2.45) is 21.3 Å². The molecule has 2 rings (SSSR count). The predicted octanol–water partition coefficient (Wildman–Crippen LogP) is 2.59. The van der Waals surface area contributed by atoms with Crippen molar-refractivity contribution >= 4 is 11.9 Å². The summed E-state index contributed by atoms with van der Waals surface area (Å²) in [5.74, 6) is 0.447. The molecule has 2 nitrogen and oxygen atoms in total. The number of hydrogen-bond donors (Lipinski definition) is 0. The Bertz CT molecular complexity index is 338. The maximum absolute atomic E-state index is 4.27. The summed E-state index contributed by atoms with van der Waals surface area (Å²) in [6.07, 6.45) is 7.81. The highest BCUT2D eigenvalue weighted by Crippen LogP contribution is 2.36. The minimum Gasteiger partial charge on any atom is -0.262 e. The topological polar surface area (TPSA) is 24.7 Å². The molecule has 0 aromatic heterocycles. The van der Waals surface area contributed by atoms with Crippen LogP contribution in [0.1, 0.15) is 20.8 Å². The first-order valence-electron chi connectivity index (χ1n) is 4.57. The summed E-state index contributed by atoms with van der Waals surface area (Å²) in [4.78, 5) is 8.41. The lowest BCUT2D eigenvalue weighted by atomic mass is 9.75. The Morgan fingerprint density at radius 2 is 2.08 bits per heavy atom. The monoisotopic (exact) mass is 174 g/mol. The molecule has 0 saturated heterocycles. The second-order valence-electron chi connectivity index (χ2n) is 4.56. The van der Waals surface area contributed by atoms with E-state index in [1.807, 2.05) is 18.6 Å². The van der Waals surface area contributed by atoms with Crippen LogP contribution in [0.2, 0.25) is 0 Å². The van der Waals surface area contributed by atoms with Crippen molar-refractivity contribution in [1.29, 1.82) is 0 Å². The highest BCUT2D eigenvalue weighted by molar-refractivity contribution is 6.40. The number of aliphatic imine (C=N–C) groups is 2. The summed E-state index contributed by atoms with van der Waals surface area (Å²) in [7, 11) is 0. The zero-order valence-corrected chi connectivity index (χ0v) is 8.28. The summed E-state index contributed by atoms with van der Waals surface area (Å²) >= 11 is 0. The lowest BCUT2D eigenvalue weighted by Crippen LogP contribution is -2.25. The van der Waals surface area contributed by atoms with Crippen LogP contribution in [0.5, 0.6) is 0 Å². The Hall–Kier alpha value is -1.18. The number of rotatable bonds is 0. The maximum Gasteiger partial charge on any atom is 0.0865 e. The van der Waals surface area contributed by atoms with E-state index in [9.17, 15) is 0 Å². The molecule has 2 heterocycles. The third-order valence-corrected chi connectivity index (χ3v) is 2.47. The minimum atomic E-state index is 0.247. The molecule has 13 heavy (non-hydrogen) atoms. The van der Waals surface area contributed by atoms with E-state index >= 15 is 0 Å². The molecule has 0 fully saturated rings. The Morgan fingerprint density at radius 1 is 1.31 bits per heavy atom. The van der Waals surface area contributed by atoms with Gasteiger partial charge in [0.15, 0.2) is 0 Å². The van der Waals surface area contributed by atoms with Crippen molar-refractivity contribution < 1.29 is 0 Å². The van der Waals surface area contributed by atoms with Crippen molar-refractivity contribution in [3.05, 3.63) is 24.0 Å². The lowest BCUT2D eigenvalue weighted by molar-refractivity contribution is 0.336. The lowest BCUT2D eigenvalue weighted by Gasteiger charge is -2.30. The molecule has 2 aliphatic heterocycles. The van der Waals surface area contributed by atoms with Gasteiger partial charge in [-0.2, -0.15) is 0 Å². The minimum absolute atomic E-state index is 0.247. The second-order valence-corrected chi connectivity index (χ2v) is 4.56. The van der Waals surface area contributed by atoms with Crippen LogP contribution in [0.25, 0.3) is 0 Å². The summed E-state index contributed by atoms with van der Waals surface area (Å²) in [6, 6.07) is 0. The molecule has 0 amide bonds. The van der Waals surface area contributed by atoms with Gasteiger partial charge in [0.05, 0.1) is 11.9 Å². The molecule has 0 radical (unpaired) electrons. The van der Waals surface area contributed by atoms with Crippen molar-refractivity contribution in [2.75, 3.05) is 0 Å². The van der Waals surface area contributed by atoms with Crippen LogP contribution in [-0.2, 0) is 0 Å². The average molecular weight is 174 g/mol. The SMILES string of the molecule is CC(C)(C)C1C=CN=C2C=NC=C21. The largest absolute Gasteiger partial charge is 0.262 e. The van der Waals surface area contributed by atoms with Crippen molar-refractivity contribution in [2.45, 2.75) is 20.8 Å². The summed E-state index contributed by atoms with van der Waals surface area (Å²) < 4.78 is 0. The van der Waals surface area contributed by atoms with Crippen molar-refractivity contribution in [3.8, 4) is 0 Å². The van der Waals surface area contributed by atoms with Gasteiger partial charge in [-0.3, -0.25) is 9.98 Å². The van der Waals surface area contributed by atoms with Gasteiger partial charge in [-0.05, 0) is 5.41 Å². The van der Waals surface area contributed by atoms with Crippen LogP contribution in [0.3, 0.4) is 0 Å². The first-order valence-corrected chi connectivity index (χ1v) is 4.57. The molecule has 2 heteroatoms. The normalized spacial score (nSPS) is 25.6. The molecule has 1 unspecified atom stereocenters. The summed E-state index contributed by atoms with van der Waals surface area (Å²) in [5, 5.41) is 0. The number of nitrogens with zero attached hydrogens (tertiary/aromatic N) is 2. The first kappa shape index (κ1) is 8.42. The van der Waals surface area contributed by atoms with Crippen LogP contribution in [0, 0.1) is 11.3 Å². The van der Waals surface area contributed by atoms with Gasteiger partial charge in [0.25, 0.3) is 0 Å². The third kappa shape index (κ3) is 1.37. The fraction of sp³-hybridized carbons (Fsp3) is 0.455. The molecule has 0 saturated carbocycles. The van der Waals surface area contributed by atoms with Gasteiger partial charge < -0.3 is 0 Å². The van der Waals surface area contributed by atoms with E-state index in [1.165, 1.54) is 5.57 Å². The molecule has 68 valence electrons. The first-order chi connectivity index (χ1) is 6.09. The fourth-order valence-electron chi connectivity index (χ4n) is 1.74. The average Bonchev–Trinajstić information content (AvgIpc) is 2.48. The molecule has 1 atom stereocenters. The third-order valence-electron chi connectivity index (χ3n) is 2.47. The van der Waals surface area contributed by atoms with E-state index in [4.69, 9.17) is 0 Å². The van der Waals surface area contributed by atoms with Crippen LogP contribution < -0.4 is 0 Å². The molecule has 0 aromatic carbocycles. The Labute approximate surface area is 78.8 Å². The molecule has 0 aromatic rings. The molecule has 0 N–H and O–H groups in total. The fourth-order valence-corrected chi connectivity index (χ4v) is 1.74.